The van der Waals surface area contributed by atoms with E-state index in [1.54, 1.807) is 14.2 Å². The number of nitrogens with zero attached hydrogens (tertiary/aromatic N) is 2. The lowest BCUT2D eigenvalue weighted by Crippen LogP contribution is -2.18. The van der Waals surface area contributed by atoms with Crippen LogP contribution >= 0.6 is 11.3 Å². The lowest BCUT2D eigenvalue weighted by molar-refractivity contribution is -0.115. The summed E-state index contributed by atoms with van der Waals surface area (Å²) in [5, 5.41) is 5.74. The molecule has 6 nitrogen and oxygen atoms in total. The molecule has 0 bridgehead atoms. The molecule has 3 aromatic rings. The third kappa shape index (κ3) is 6.05. The van der Waals surface area contributed by atoms with E-state index < -0.39 is 0 Å². The van der Waals surface area contributed by atoms with Crippen molar-refractivity contribution < 1.29 is 14.3 Å². The van der Waals surface area contributed by atoms with Gasteiger partial charge in [-0.15, -0.1) is 11.3 Å². The van der Waals surface area contributed by atoms with Crippen molar-refractivity contribution in [2.45, 2.75) is 26.4 Å². The zero-order valence-corrected chi connectivity index (χ0v) is 18.6. The molecule has 0 aliphatic carbocycles. The lowest BCUT2D eigenvalue weighted by atomic mass is 10.2. The first-order valence-electron chi connectivity index (χ1n) is 9.66. The molecule has 1 aromatic heterocycles. The van der Waals surface area contributed by atoms with E-state index >= 15 is 0 Å². The third-order valence-corrected chi connectivity index (χ3v) is 5.48. The van der Waals surface area contributed by atoms with Gasteiger partial charge in [0.2, 0.25) is 5.91 Å². The van der Waals surface area contributed by atoms with Crippen LogP contribution in [0.5, 0.6) is 11.5 Å². The highest BCUT2D eigenvalue weighted by Gasteiger charge is 2.11. The van der Waals surface area contributed by atoms with Gasteiger partial charge < -0.3 is 14.8 Å². The number of benzene rings is 2. The molecule has 1 amide bonds. The number of carbonyl (C=O) groups is 1. The quantitative estimate of drug-likeness (QED) is 0.554. The second-order valence-corrected chi connectivity index (χ2v) is 8.13. The standard InChI is InChI=1S/C23H27N3O3S/c1-16-5-8-18(9-6-16)24-22(27)12-23-25-19(15-30-23)14-26(2)13-17-7-10-20(28-3)21(11-17)29-4/h5-11,15H,12-14H2,1-4H3,(H,24,27). The maximum atomic E-state index is 12.3. The molecule has 0 fully saturated rings. The molecular weight excluding hydrogens is 398 g/mol. The van der Waals surface area contributed by atoms with E-state index in [0.717, 1.165) is 45.6 Å². The Kier molecular flexibility index (Phi) is 7.43. The molecule has 1 heterocycles. The van der Waals surface area contributed by atoms with Gasteiger partial charge >= 0.3 is 0 Å². The largest absolute Gasteiger partial charge is 0.493 e. The van der Waals surface area contributed by atoms with Crippen LogP contribution in [0.25, 0.3) is 0 Å². The van der Waals surface area contributed by atoms with Crippen LogP contribution in [0.15, 0.2) is 47.8 Å². The maximum Gasteiger partial charge on any atom is 0.231 e. The average molecular weight is 426 g/mol. The zero-order valence-electron chi connectivity index (χ0n) is 17.8. The van der Waals surface area contributed by atoms with Crippen molar-refractivity contribution in [2.24, 2.45) is 0 Å². The highest BCUT2D eigenvalue weighted by Crippen LogP contribution is 2.28. The van der Waals surface area contributed by atoms with E-state index in [9.17, 15) is 4.79 Å². The number of ether oxygens (including phenoxy) is 2. The molecule has 0 aliphatic rings. The Bertz CT molecular complexity index is 986. The fourth-order valence-corrected chi connectivity index (χ4v) is 3.89. The molecule has 30 heavy (non-hydrogen) atoms. The number of hydrogen-bond acceptors (Lipinski definition) is 6. The minimum absolute atomic E-state index is 0.0570. The van der Waals surface area contributed by atoms with Crippen LogP contribution in [0.3, 0.4) is 0 Å². The van der Waals surface area contributed by atoms with E-state index in [-0.39, 0.29) is 12.3 Å². The summed E-state index contributed by atoms with van der Waals surface area (Å²) in [6, 6.07) is 13.7. The Morgan fingerprint density at radius 1 is 1.07 bits per heavy atom. The van der Waals surface area contributed by atoms with Gasteiger partial charge in [-0.1, -0.05) is 23.8 Å². The van der Waals surface area contributed by atoms with Gasteiger partial charge in [0.1, 0.15) is 5.01 Å². The smallest absolute Gasteiger partial charge is 0.231 e. The summed E-state index contributed by atoms with van der Waals surface area (Å²) < 4.78 is 10.7. The first-order valence-corrected chi connectivity index (χ1v) is 10.5. The topological polar surface area (TPSA) is 63.7 Å². The SMILES string of the molecule is COc1ccc(CN(C)Cc2csc(CC(=O)Nc3ccc(C)cc3)n2)cc1OC. The number of hydrogen-bond donors (Lipinski definition) is 1. The minimum atomic E-state index is -0.0570. The van der Waals surface area contributed by atoms with E-state index in [4.69, 9.17) is 9.47 Å². The maximum absolute atomic E-state index is 12.3. The molecule has 0 saturated carbocycles. The molecule has 158 valence electrons. The fourth-order valence-electron chi connectivity index (χ4n) is 3.11. The highest BCUT2D eigenvalue weighted by molar-refractivity contribution is 7.09. The number of carbonyl (C=O) groups excluding carboxylic acids is 1. The van der Waals surface area contributed by atoms with E-state index in [2.05, 4.69) is 15.2 Å². The molecular formula is C23H27N3O3S. The van der Waals surface area contributed by atoms with Crippen LogP contribution in [0, 0.1) is 6.92 Å². The second-order valence-electron chi connectivity index (χ2n) is 7.19. The molecule has 7 heteroatoms. The van der Waals surface area contributed by atoms with Gasteiger partial charge in [0.25, 0.3) is 0 Å². The van der Waals surface area contributed by atoms with Gasteiger partial charge in [0.05, 0.1) is 26.3 Å². The lowest BCUT2D eigenvalue weighted by Gasteiger charge is -2.16. The van der Waals surface area contributed by atoms with Crippen molar-refractivity contribution in [1.29, 1.82) is 0 Å². The summed E-state index contributed by atoms with van der Waals surface area (Å²) in [4.78, 5) is 19.1. The van der Waals surface area contributed by atoms with Crippen LogP contribution in [-0.4, -0.2) is 37.1 Å². The number of aromatic nitrogens is 1. The molecule has 0 unspecified atom stereocenters. The van der Waals surface area contributed by atoms with Gasteiger partial charge in [0.15, 0.2) is 11.5 Å². The van der Waals surface area contributed by atoms with Crippen LogP contribution < -0.4 is 14.8 Å². The van der Waals surface area contributed by atoms with Crippen molar-refractivity contribution in [1.82, 2.24) is 9.88 Å². The number of amides is 1. The summed E-state index contributed by atoms with van der Waals surface area (Å²) in [6.45, 7) is 3.47. The Labute approximate surface area is 181 Å². The van der Waals surface area contributed by atoms with E-state index in [1.807, 2.05) is 61.8 Å². The Balaban J connectivity index is 1.53. The number of methoxy groups -OCH3 is 2. The van der Waals surface area contributed by atoms with Crippen molar-refractivity contribution in [3.63, 3.8) is 0 Å². The number of aryl methyl sites for hydroxylation is 1. The highest BCUT2D eigenvalue weighted by atomic mass is 32.1. The summed E-state index contributed by atoms with van der Waals surface area (Å²) in [7, 11) is 5.31. The number of nitrogens with one attached hydrogen (secondary N) is 1. The predicted molar refractivity (Wildman–Crippen MR) is 120 cm³/mol. The first kappa shape index (κ1) is 21.8. The Morgan fingerprint density at radius 3 is 2.50 bits per heavy atom. The van der Waals surface area contributed by atoms with Gasteiger partial charge in [-0.3, -0.25) is 9.69 Å². The number of thiazole rings is 1. The zero-order chi connectivity index (χ0) is 21.5. The number of rotatable bonds is 9. The molecule has 3 rings (SSSR count). The van der Waals surface area contributed by atoms with Crippen molar-refractivity contribution in [3.05, 3.63) is 69.7 Å². The monoisotopic (exact) mass is 425 g/mol. The van der Waals surface area contributed by atoms with Crippen LogP contribution in [0.2, 0.25) is 0 Å². The molecule has 0 saturated heterocycles. The van der Waals surface area contributed by atoms with Crippen molar-refractivity contribution in [3.8, 4) is 11.5 Å². The van der Waals surface area contributed by atoms with Gasteiger partial charge in [-0.25, -0.2) is 4.98 Å². The van der Waals surface area contributed by atoms with Crippen LogP contribution in [-0.2, 0) is 24.3 Å². The summed E-state index contributed by atoms with van der Waals surface area (Å²) in [6.07, 6.45) is 0.276. The summed E-state index contributed by atoms with van der Waals surface area (Å²) >= 11 is 1.52. The Hall–Kier alpha value is -2.90. The third-order valence-electron chi connectivity index (χ3n) is 4.58. The van der Waals surface area contributed by atoms with Gasteiger partial charge in [0, 0.05) is 24.2 Å². The number of anilines is 1. The van der Waals surface area contributed by atoms with Crippen LogP contribution in [0.4, 0.5) is 5.69 Å². The van der Waals surface area contributed by atoms with Gasteiger partial charge in [-0.05, 0) is 43.8 Å². The fraction of sp³-hybridized carbons (Fsp3) is 0.304. The van der Waals surface area contributed by atoms with Crippen LogP contribution in [0.1, 0.15) is 21.8 Å². The second kappa shape index (κ2) is 10.2. The first-order chi connectivity index (χ1) is 14.5. The van der Waals surface area contributed by atoms with Crippen molar-refractivity contribution in [2.75, 3.05) is 26.6 Å². The van der Waals surface area contributed by atoms with Crippen molar-refractivity contribution >= 4 is 22.9 Å². The minimum Gasteiger partial charge on any atom is -0.493 e. The normalized spacial score (nSPS) is 10.8. The predicted octanol–water partition coefficient (Wildman–Crippen LogP) is 4.28. The molecule has 2 aromatic carbocycles. The summed E-state index contributed by atoms with van der Waals surface area (Å²) in [5.74, 6) is 1.38. The molecule has 0 aliphatic heterocycles. The van der Waals surface area contributed by atoms with Gasteiger partial charge in [-0.2, -0.15) is 0 Å². The Morgan fingerprint density at radius 2 is 1.80 bits per heavy atom. The molecule has 0 spiro atoms. The van der Waals surface area contributed by atoms with E-state index in [1.165, 1.54) is 11.3 Å². The molecule has 0 atom stereocenters. The molecule has 0 radical (unpaired) electrons. The summed E-state index contributed by atoms with van der Waals surface area (Å²) in [5.41, 5.74) is 4.05. The molecule has 1 N–H and O–H groups in total. The van der Waals surface area contributed by atoms with E-state index in [0.29, 0.717) is 6.54 Å². The average Bonchev–Trinajstić information content (AvgIpc) is 3.15.